The maximum absolute atomic E-state index is 12.5. The molecule has 0 saturated carbocycles. The third-order valence-corrected chi connectivity index (χ3v) is 5.75. The first-order valence-electron chi connectivity index (χ1n) is 6.05. The molecule has 0 N–H and O–H groups in total. The Morgan fingerprint density at radius 3 is 2.00 bits per heavy atom. The van der Waals surface area contributed by atoms with Gasteiger partial charge in [0, 0.05) is 4.90 Å². The predicted octanol–water partition coefficient (Wildman–Crippen LogP) is 4.78. The summed E-state index contributed by atoms with van der Waals surface area (Å²) in [6.07, 6.45) is -0.211. The van der Waals surface area contributed by atoms with Crippen molar-refractivity contribution in [2.24, 2.45) is 0 Å². The third-order valence-electron chi connectivity index (χ3n) is 1.88. The van der Waals surface area contributed by atoms with E-state index in [0.717, 1.165) is 4.90 Å². The molecule has 1 rings (SSSR count). The van der Waals surface area contributed by atoms with E-state index in [0.29, 0.717) is 5.49 Å². The van der Waals surface area contributed by atoms with E-state index in [-0.39, 0.29) is 12.2 Å². The summed E-state index contributed by atoms with van der Waals surface area (Å²) in [5.74, 6) is 0. The zero-order chi connectivity index (χ0) is 13.6. The normalized spacial score (nSPS) is 12.3. The van der Waals surface area contributed by atoms with Crippen LogP contribution in [0.3, 0.4) is 0 Å². The average Bonchev–Trinajstić information content (AvgIpc) is 2.26. The molecule has 0 aliphatic heterocycles. The highest BCUT2D eigenvalue weighted by Crippen LogP contribution is 2.54. The van der Waals surface area contributed by atoms with Crippen LogP contribution in [0.2, 0.25) is 0 Å². The summed E-state index contributed by atoms with van der Waals surface area (Å²) >= 11 is 1.50. The summed E-state index contributed by atoms with van der Waals surface area (Å²) < 4.78 is 23.5. The first-order chi connectivity index (χ1) is 8.41. The standard InChI is InChI=1S/C13H21O3PS/c1-11(2)15-17(14,16-12(3)4)10-18-13-8-6-5-7-9-13/h5-9,11-12H,10H2,1-4H3. The monoisotopic (exact) mass is 288 g/mol. The van der Waals surface area contributed by atoms with Gasteiger partial charge in [-0.2, -0.15) is 0 Å². The van der Waals surface area contributed by atoms with E-state index in [4.69, 9.17) is 9.05 Å². The highest BCUT2D eigenvalue weighted by Gasteiger charge is 2.27. The topological polar surface area (TPSA) is 35.5 Å². The lowest BCUT2D eigenvalue weighted by Crippen LogP contribution is -2.09. The van der Waals surface area contributed by atoms with Crippen molar-refractivity contribution in [2.45, 2.75) is 44.8 Å². The van der Waals surface area contributed by atoms with E-state index in [1.807, 2.05) is 58.0 Å². The fourth-order valence-electron chi connectivity index (χ4n) is 1.40. The van der Waals surface area contributed by atoms with Crippen LogP contribution in [0.25, 0.3) is 0 Å². The van der Waals surface area contributed by atoms with Crippen LogP contribution < -0.4 is 0 Å². The molecule has 0 aromatic heterocycles. The second-order valence-corrected chi connectivity index (χ2v) is 7.94. The predicted molar refractivity (Wildman–Crippen MR) is 77.2 cm³/mol. The molecule has 18 heavy (non-hydrogen) atoms. The summed E-state index contributed by atoms with van der Waals surface area (Å²) in [7, 11) is -3.03. The first-order valence-corrected chi connectivity index (χ1v) is 8.76. The largest absolute Gasteiger partial charge is 0.341 e. The van der Waals surface area contributed by atoms with Gasteiger partial charge in [0.05, 0.1) is 12.2 Å². The van der Waals surface area contributed by atoms with Crippen molar-refractivity contribution in [3.05, 3.63) is 30.3 Å². The van der Waals surface area contributed by atoms with Crippen LogP contribution >= 0.6 is 19.4 Å². The maximum Gasteiger partial charge on any atom is 0.341 e. The quantitative estimate of drug-likeness (QED) is 0.534. The van der Waals surface area contributed by atoms with Crippen LogP contribution in [-0.4, -0.2) is 17.7 Å². The molecule has 0 unspecified atom stereocenters. The molecule has 5 heteroatoms. The Kier molecular flexibility index (Phi) is 6.44. The number of benzene rings is 1. The third kappa shape index (κ3) is 6.05. The molecule has 0 aliphatic carbocycles. The second-order valence-electron chi connectivity index (χ2n) is 4.51. The van der Waals surface area contributed by atoms with Gasteiger partial charge < -0.3 is 9.05 Å². The van der Waals surface area contributed by atoms with Gasteiger partial charge in [-0.1, -0.05) is 18.2 Å². The first kappa shape index (κ1) is 15.8. The Morgan fingerprint density at radius 2 is 1.56 bits per heavy atom. The lowest BCUT2D eigenvalue weighted by Gasteiger charge is -2.22. The fraction of sp³-hybridized carbons (Fsp3) is 0.538. The van der Waals surface area contributed by atoms with Gasteiger partial charge in [0.2, 0.25) is 0 Å². The van der Waals surface area contributed by atoms with Crippen LogP contribution in [0.15, 0.2) is 35.2 Å². The van der Waals surface area contributed by atoms with Gasteiger partial charge in [-0.25, -0.2) is 0 Å². The zero-order valence-corrected chi connectivity index (χ0v) is 13.0. The summed E-state index contributed by atoms with van der Waals surface area (Å²) in [6, 6.07) is 9.85. The fourth-order valence-corrected chi connectivity index (χ4v) is 4.80. The maximum atomic E-state index is 12.5. The number of rotatable bonds is 7. The molecule has 0 spiro atoms. The van der Waals surface area contributed by atoms with Crippen molar-refractivity contribution in [1.29, 1.82) is 0 Å². The van der Waals surface area contributed by atoms with Crippen LogP contribution in [0, 0.1) is 0 Å². The molecule has 0 saturated heterocycles. The van der Waals surface area contributed by atoms with E-state index in [9.17, 15) is 4.57 Å². The van der Waals surface area contributed by atoms with E-state index in [2.05, 4.69) is 0 Å². The summed E-state index contributed by atoms with van der Waals surface area (Å²) in [6.45, 7) is 7.46. The van der Waals surface area contributed by atoms with E-state index >= 15 is 0 Å². The molecule has 1 aromatic rings. The highest BCUT2D eigenvalue weighted by atomic mass is 32.2. The zero-order valence-electron chi connectivity index (χ0n) is 11.3. The van der Waals surface area contributed by atoms with Crippen LogP contribution in [0.4, 0.5) is 0 Å². The van der Waals surface area contributed by atoms with Crippen molar-refractivity contribution in [1.82, 2.24) is 0 Å². The van der Waals surface area contributed by atoms with Gasteiger partial charge in [-0.3, -0.25) is 4.57 Å². The molecule has 0 atom stereocenters. The Balaban J connectivity index is 2.64. The second kappa shape index (κ2) is 7.34. The van der Waals surface area contributed by atoms with E-state index < -0.39 is 7.60 Å². The Bertz CT molecular complexity index is 378. The minimum Gasteiger partial charge on any atom is -0.305 e. The molecule has 1 aromatic carbocycles. The summed E-state index contributed by atoms with van der Waals surface area (Å²) in [5.41, 5.74) is 0.341. The Labute approximate surface area is 114 Å². The Morgan fingerprint density at radius 1 is 1.06 bits per heavy atom. The minimum atomic E-state index is -3.03. The molecule has 0 heterocycles. The number of thioether (sulfide) groups is 1. The van der Waals surface area contributed by atoms with Crippen LogP contribution in [0.1, 0.15) is 27.7 Å². The molecule has 3 nitrogen and oxygen atoms in total. The average molecular weight is 288 g/mol. The molecule has 102 valence electrons. The van der Waals surface area contributed by atoms with E-state index in [1.54, 1.807) is 0 Å². The minimum absolute atomic E-state index is 0.106. The SMILES string of the molecule is CC(C)OP(=O)(CSc1ccccc1)OC(C)C. The van der Waals surface area contributed by atoms with Gasteiger partial charge in [0.25, 0.3) is 0 Å². The molecule has 0 aliphatic rings. The van der Waals surface area contributed by atoms with E-state index in [1.165, 1.54) is 11.8 Å². The van der Waals surface area contributed by atoms with Gasteiger partial charge >= 0.3 is 7.60 Å². The Hall–Kier alpha value is -0.280. The van der Waals surface area contributed by atoms with Gasteiger partial charge in [0.15, 0.2) is 0 Å². The highest BCUT2D eigenvalue weighted by molar-refractivity contribution is 8.04. The van der Waals surface area contributed by atoms with Crippen molar-refractivity contribution in [3.63, 3.8) is 0 Å². The molecule has 0 amide bonds. The molecule has 0 bridgehead atoms. The molecule has 0 radical (unpaired) electrons. The van der Waals surface area contributed by atoms with Gasteiger partial charge in [-0.15, -0.1) is 11.8 Å². The molecular weight excluding hydrogens is 267 g/mol. The van der Waals surface area contributed by atoms with Crippen molar-refractivity contribution >= 4 is 19.4 Å². The van der Waals surface area contributed by atoms with Gasteiger partial charge in [-0.05, 0) is 39.8 Å². The van der Waals surface area contributed by atoms with Crippen molar-refractivity contribution < 1.29 is 13.6 Å². The molecule has 0 fully saturated rings. The summed E-state index contributed by atoms with van der Waals surface area (Å²) in [5, 5.41) is 0. The summed E-state index contributed by atoms with van der Waals surface area (Å²) in [4.78, 5) is 1.07. The number of hydrogen-bond acceptors (Lipinski definition) is 4. The lowest BCUT2D eigenvalue weighted by atomic mass is 10.4. The van der Waals surface area contributed by atoms with Crippen molar-refractivity contribution in [3.8, 4) is 0 Å². The van der Waals surface area contributed by atoms with Gasteiger partial charge in [0.1, 0.15) is 5.49 Å². The smallest absolute Gasteiger partial charge is 0.305 e. The number of hydrogen-bond donors (Lipinski definition) is 0. The van der Waals surface area contributed by atoms with Crippen LogP contribution in [-0.2, 0) is 13.6 Å². The van der Waals surface area contributed by atoms with Crippen molar-refractivity contribution in [2.75, 3.05) is 5.49 Å². The lowest BCUT2D eigenvalue weighted by molar-refractivity contribution is 0.145. The van der Waals surface area contributed by atoms with Crippen LogP contribution in [0.5, 0.6) is 0 Å². The molecular formula is C13H21O3PS.